The number of rotatable bonds is 13. The van der Waals surface area contributed by atoms with Crippen LogP contribution < -0.4 is 16.8 Å². The molecule has 2 aromatic carbocycles. The number of benzene rings is 2. The van der Waals surface area contributed by atoms with Crippen LogP contribution in [0, 0.1) is 13.8 Å². The molecule has 0 saturated carbocycles. The van der Waals surface area contributed by atoms with Crippen LogP contribution in [0.2, 0.25) is 0 Å². The second-order valence-corrected chi connectivity index (χ2v) is 10.7. The smallest absolute Gasteiger partial charge is 0.253 e. The zero-order valence-corrected chi connectivity index (χ0v) is 21.1. The number of hydrogen-bond acceptors (Lipinski definition) is 6. The van der Waals surface area contributed by atoms with Gasteiger partial charge in [-0.1, -0.05) is 37.3 Å². The topological polar surface area (TPSA) is 136 Å². The number of aryl methyl sites for hydroxylation is 3. The number of carbonyl (C=O) groups is 2. The number of hydrogen-bond donors (Lipinski definition) is 4. The van der Waals surface area contributed by atoms with E-state index in [0.717, 1.165) is 29.5 Å². The Hall–Kier alpha value is -2.55. The van der Waals surface area contributed by atoms with Crippen molar-refractivity contribution in [3.8, 4) is 5.75 Å². The lowest BCUT2D eigenvalue weighted by Gasteiger charge is -2.27. The third-order valence-corrected chi connectivity index (χ3v) is 7.81. The summed E-state index contributed by atoms with van der Waals surface area (Å²) in [6.07, 6.45) is 1.75. The molecule has 0 aromatic heterocycles. The molecule has 7 nitrogen and oxygen atoms in total. The van der Waals surface area contributed by atoms with Crippen molar-refractivity contribution in [1.82, 2.24) is 5.32 Å². The lowest BCUT2D eigenvalue weighted by Crippen LogP contribution is -2.58. The van der Waals surface area contributed by atoms with Gasteiger partial charge in [-0.25, -0.2) is 0 Å². The summed E-state index contributed by atoms with van der Waals surface area (Å²) < 4.78 is 12.7. The predicted octanol–water partition coefficient (Wildman–Crippen LogP) is 2.40. The minimum atomic E-state index is -1.65. The van der Waals surface area contributed by atoms with E-state index in [0.29, 0.717) is 13.0 Å². The molecule has 2 unspecified atom stereocenters. The molecule has 0 radical (unpaired) electrons. The lowest BCUT2D eigenvalue weighted by molar-refractivity contribution is -0.124. The first-order valence-corrected chi connectivity index (χ1v) is 13.0. The van der Waals surface area contributed by atoms with E-state index >= 15 is 0 Å². The molecule has 34 heavy (non-hydrogen) atoms. The van der Waals surface area contributed by atoms with Crippen LogP contribution in [-0.2, 0) is 33.2 Å². The standard InChI is InChI=1S/C26H37N3O4S/c1-4-34(33)26(28,25(32)29-14-8-11-20-9-6-5-7-10-20)13-12-24(31)23(27)17-22-18(2)15-21(30)16-19(22)3/h5-7,9-10,15-16,23,30H,4,8,11-14,17,27-28H2,1-3H3,(H,29,32)/t23-,26?,34?/m1/s1. The molecule has 0 fully saturated rings. The first-order valence-electron chi connectivity index (χ1n) is 11.7. The van der Waals surface area contributed by atoms with Crippen molar-refractivity contribution >= 4 is 22.5 Å². The zero-order chi connectivity index (χ0) is 25.3. The van der Waals surface area contributed by atoms with Gasteiger partial charge in [-0.2, -0.15) is 0 Å². The number of phenolic OH excluding ortho intramolecular Hbond substituents is 1. The molecular formula is C26H37N3O4S. The monoisotopic (exact) mass is 487 g/mol. The van der Waals surface area contributed by atoms with Gasteiger partial charge in [0, 0.05) is 18.7 Å². The highest BCUT2D eigenvalue weighted by molar-refractivity contribution is 7.87. The van der Waals surface area contributed by atoms with Gasteiger partial charge in [0.15, 0.2) is 4.87 Å². The van der Waals surface area contributed by atoms with Crippen LogP contribution in [0.25, 0.3) is 0 Å². The minimum absolute atomic E-state index is 0.0436. The normalized spacial score (nSPS) is 14.7. The highest BCUT2D eigenvalue weighted by Gasteiger charge is 2.40. The number of amides is 1. The molecule has 0 spiro atoms. The second kappa shape index (κ2) is 12.8. The van der Waals surface area contributed by atoms with Gasteiger partial charge < -0.3 is 21.9 Å². The quantitative estimate of drug-likeness (QED) is 0.320. The van der Waals surface area contributed by atoms with E-state index in [4.69, 9.17) is 11.5 Å². The Balaban J connectivity index is 1.95. The van der Waals surface area contributed by atoms with Crippen LogP contribution in [-0.4, -0.2) is 44.2 Å². The maximum absolute atomic E-state index is 12.9. The maximum atomic E-state index is 12.9. The van der Waals surface area contributed by atoms with Gasteiger partial charge in [-0.3, -0.25) is 13.8 Å². The number of nitrogens with two attached hydrogens (primary N) is 2. The highest BCUT2D eigenvalue weighted by Crippen LogP contribution is 2.23. The third-order valence-electron chi connectivity index (χ3n) is 6.08. The van der Waals surface area contributed by atoms with E-state index in [1.165, 1.54) is 5.56 Å². The Morgan fingerprint density at radius 2 is 1.76 bits per heavy atom. The molecule has 8 heteroatoms. The molecule has 0 aliphatic rings. The number of nitrogens with one attached hydrogen (secondary N) is 1. The summed E-state index contributed by atoms with van der Waals surface area (Å²) in [5.74, 6) is -0.373. The van der Waals surface area contributed by atoms with E-state index in [1.807, 2.05) is 44.2 Å². The lowest BCUT2D eigenvalue weighted by atomic mass is 9.93. The summed E-state index contributed by atoms with van der Waals surface area (Å²) in [5.41, 5.74) is 16.3. The Bertz CT molecular complexity index is 989. The summed E-state index contributed by atoms with van der Waals surface area (Å²) in [5, 5.41) is 12.5. The molecule has 0 heterocycles. The number of ketones is 1. The fourth-order valence-corrected chi connectivity index (χ4v) is 5.12. The molecule has 0 aliphatic heterocycles. The summed E-state index contributed by atoms with van der Waals surface area (Å²) in [6, 6.07) is 12.4. The van der Waals surface area contributed by atoms with Gasteiger partial charge in [0.25, 0.3) is 5.91 Å². The van der Waals surface area contributed by atoms with Crippen molar-refractivity contribution in [3.63, 3.8) is 0 Å². The third kappa shape index (κ3) is 7.48. The first kappa shape index (κ1) is 27.7. The number of phenols is 1. The van der Waals surface area contributed by atoms with E-state index in [2.05, 4.69) is 5.32 Å². The average Bonchev–Trinajstić information content (AvgIpc) is 2.81. The largest absolute Gasteiger partial charge is 0.508 e. The van der Waals surface area contributed by atoms with Crippen LogP contribution in [0.1, 0.15) is 48.4 Å². The SMILES string of the molecule is CCS(=O)C(N)(CCC(=O)[C@H](N)Cc1c(C)cc(O)cc1C)C(=O)NCCCc1ccccc1. The van der Waals surface area contributed by atoms with E-state index < -0.39 is 27.6 Å². The second-order valence-electron chi connectivity index (χ2n) is 8.70. The average molecular weight is 488 g/mol. The van der Waals surface area contributed by atoms with Gasteiger partial charge in [0.05, 0.1) is 16.8 Å². The Kier molecular flexibility index (Phi) is 10.4. The molecular weight excluding hydrogens is 450 g/mol. The van der Waals surface area contributed by atoms with Crippen molar-refractivity contribution in [2.75, 3.05) is 12.3 Å². The van der Waals surface area contributed by atoms with Gasteiger partial charge in [0.2, 0.25) is 0 Å². The molecule has 2 aromatic rings. The van der Waals surface area contributed by atoms with Crippen LogP contribution >= 0.6 is 0 Å². The summed E-state index contributed by atoms with van der Waals surface area (Å²) in [6.45, 7) is 5.82. The Morgan fingerprint density at radius 3 is 2.35 bits per heavy atom. The Labute approximate surface area is 204 Å². The summed E-state index contributed by atoms with van der Waals surface area (Å²) in [7, 11) is -1.63. The van der Waals surface area contributed by atoms with Crippen LogP contribution in [0.5, 0.6) is 5.75 Å². The van der Waals surface area contributed by atoms with Gasteiger partial charge in [-0.15, -0.1) is 0 Å². The van der Waals surface area contributed by atoms with Crippen molar-refractivity contribution in [1.29, 1.82) is 0 Å². The number of Topliss-reactive ketones (excluding diaryl/α,β-unsaturated/α-hetero) is 1. The van der Waals surface area contributed by atoms with E-state index in [9.17, 15) is 18.9 Å². The van der Waals surface area contributed by atoms with E-state index in [1.54, 1.807) is 19.1 Å². The van der Waals surface area contributed by atoms with Crippen LogP contribution in [0.4, 0.5) is 0 Å². The molecule has 2 rings (SSSR count). The molecule has 6 N–H and O–H groups in total. The molecule has 0 aliphatic carbocycles. The molecule has 186 valence electrons. The first-order chi connectivity index (χ1) is 16.1. The Morgan fingerprint density at radius 1 is 1.15 bits per heavy atom. The molecule has 0 saturated heterocycles. The highest BCUT2D eigenvalue weighted by atomic mass is 32.2. The molecule has 3 atom stereocenters. The minimum Gasteiger partial charge on any atom is -0.508 e. The number of carbonyl (C=O) groups excluding carboxylic acids is 2. The van der Waals surface area contributed by atoms with Crippen molar-refractivity contribution in [2.24, 2.45) is 11.5 Å². The molecule has 1 amide bonds. The maximum Gasteiger partial charge on any atom is 0.253 e. The molecule has 0 bridgehead atoms. The zero-order valence-electron chi connectivity index (χ0n) is 20.3. The van der Waals surface area contributed by atoms with Crippen molar-refractivity contribution < 1.29 is 18.9 Å². The van der Waals surface area contributed by atoms with Gasteiger partial charge >= 0.3 is 0 Å². The van der Waals surface area contributed by atoms with Gasteiger partial charge in [-0.05, 0) is 73.9 Å². The fraction of sp³-hybridized carbons (Fsp3) is 0.462. The summed E-state index contributed by atoms with van der Waals surface area (Å²) in [4.78, 5) is 24.0. The van der Waals surface area contributed by atoms with Crippen LogP contribution in [0.3, 0.4) is 0 Å². The number of aromatic hydroxyl groups is 1. The van der Waals surface area contributed by atoms with Crippen molar-refractivity contribution in [2.45, 2.75) is 63.8 Å². The predicted molar refractivity (Wildman–Crippen MR) is 137 cm³/mol. The van der Waals surface area contributed by atoms with Gasteiger partial charge in [0.1, 0.15) is 11.5 Å². The van der Waals surface area contributed by atoms with Crippen LogP contribution in [0.15, 0.2) is 42.5 Å². The van der Waals surface area contributed by atoms with E-state index in [-0.39, 0.29) is 30.1 Å². The fourth-order valence-electron chi connectivity index (χ4n) is 4.00. The summed E-state index contributed by atoms with van der Waals surface area (Å²) >= 11 is 0. The van der Waals surface area contributed by atoms with Crippen molar-refractivity contribution in [3.05, 3.63) is 64.7 Å².